The quantitative estimate of drug-likeness (QED) is 0.318. The maximum Gasteiger partial charge on any atom is 0.311 e. The van der Waals surface area contributed by atoms with Gasteiger partial charge in [0.2, 0.25) is 5.75 Å². The molecule has 0 N–H and O–H groups in total. The molecule has 0 atom stereocenters. The van der Waals surface area contributed by atoms with Gasteiger partial charge >= 0.3 is 5.97 Å². The number of hydrogen-bond donors (Lipinski definition) is 0. The Morgan fingerprint density at radius 3 is 1.93 bits per heavy atom. The van der Waals surface area contributed by atoms with Crippen LogP contribution >= 0.6 is 0 Å². The standard InChI is InChI=1S/C23H28O6/c1-6-7-8-22(24)29-19-13-16(11-12-18(19)25-2)9-10-17-14-20(26-3)23(28-5)21(15-17)27-4/h9-15H,6-8H2,1-5H3/b10-9-. The molecule has 2 aromatic carbocycles. The van der Waals surface area contributed by atoms with Gasteiger partial charge in [0.15, 0.2) is 23.0 Å². The van der Waals surface area contributed by atoms with Gasteiger partial charge in [-0.25, -0.2) is 0 Å². The number of benzene rings is 2. The highest BCUT2D eigenvalue weighted by Gasteiger charge is 2.13. The topological polar surface area (TPSA) is 63.2 Å². The first kappa shape index (κ1) is 22.1. The molecule has 2 rings (SSSR count). The zero-order valence-corrected chi connectivity index (χ0v) is 17.6. The second kappa shape index (κ2) is 11.0. The molecule has 0 aliphatic carbocycles. The summed E-state index contributed by atoms with van der Waals surface area (Å²) < 4.78 is 26.9. The number of carbonyl (C=O) groups excluding carboxylic acids is 1. The molecular formula is C23H28O6. The minimum Gasteiger partial charge on any atom is -0.493 e. The zero-order chi connectivity index (χ0) is 21.2. The number of unbranched alkanes of at least 4 members (excludes halogenated alkanes) is 1. The summed E-state index contributed by atoms with van der Waals surface area (Å²) in [6.07, 6.45) is 5.93. The summed E-state index contributed by atoms with van der Waals surface area (Å²) in [7, 11) is 6.27. The van der Waals surface area contributed by atoms with E-state index in [9.17, 15) is 4.79 Å². The monoisotopic (exact) mass is 400 g/mol. The molecule has 0 saturated carbocycles. The van der Waals surface area contributed by atoms with Crippen LogP contribution in [0.25, 0.3) is 12.2 Å². The van der Waals surface area contributed by atoms with Crippen molar-refractivity contribution in [1.29, 1.82) is 0 Å². The maximum atomic E-state index is 12.0. The van der Waals surface area contributed by atoms with E-state index in [4.69, 9.17) is 23.7 Å². The SMILES string of the molecule is CCCCC(=O)Oc1cc(/C=C\c2cc(OC)c(OC)c(OC)c2)ccc1OC. The molecule has 0 heterocycles. The van der Waals surface area contributed by atoms with E-state index in [-0.39, 0.29) is 5.97 Å². The predicted octanol–water partition coefficient (Wildman–Crippen LogP) is 4.99. The number of rotatable bonds is 10. The van der Waals surface area contributed by atoms with Crippen molar-refractivity contribution in [3.63, 3.8) is 0 Å². The third-order valence-electron chi connectivity index (χ3n) is 4.30. The molecule has 156 valence electrons. The van der Waals surface area contributed by atoms with E-state index in [1.54, 1.807) is 40.6 Å². The number of methoxy groups -OCH3 is 4. The Labute approximate surface area is 172 Å². The van der Waals surface area contributed by atoms with Crippen LogP contribution in [0.15, 0.2) is 30.3 Å². The molecule has 2 aromatic rings. The summed E-state index contributed by atoms with van der Waals surface area (Å²) in [6, 6.07) is 9.14. The maximum absolute atomic E-state index is 12.0. The summed E-state index contributed by atoms with van der Waals surface area (Å²) in [5.41, 5.74) is 1.73. The third-order valence-corrected chi connectivity index (χ3v) is 4.30. The Bertz CT molecular complexity index is 831. The molecular weight excluding hydrogens is 372 g/mol. The van der Waals surface area contributed by atoms with Gasteiger partial charge in [0, 0.05) is 6.42 Å². The largest absolute Gasteiger partial charge is 0.493 e. The van der Waals surface area contributed by atoms with Crippen LogP contribution in [-0.4, -0.2) is 34.4 Å². The van der Waals surface area contributed by atoms with E-state index in [2.05, 4.69) is 0 Å². The second-order valence-corrected chi connectivity index (χ2v) is 6.28. The summed E-state index contributed by atoms with van der Waals surface area (Å²) in [5, 5.41) is 0. The Kier molecular flexibility index (Phi) is 8.40. The van der Waals surface area contributed by atoms with Crippen LogP contribution in [0.2, 0.25) is 0 Å². The van der Waals surface area contributed by atoms with Gasteiger partial charge in [0.1, 0.15) is 0 Å². The van der Waals surface area contributed by atoms with Crippen LogP contribution in [-0.2, 0) is 4.79 Å². The highest BCUT2D eigenvalue weighted by molar-refractivity contribution is 5.76. The fourth-order valence-electron chi connectivity index (χ4n) is 2.76. The second-order valence-electron chi connectivity index (χ2n) is 6.28. The van der Waals surface area contributed by atoms with Crippen molar-refractivity contribution >= 4 is 18.1 Å². The zero-order valence-electron chi connectivity index (χ0n) is 17.6. The van der Waals surface area contributed by atoms with Crippen LogP contribution in [0.1, 0.15) is 37.3 Å². The molecule has 0 aliphatic heterocycles. The van der Waals surface area contributed by atoms with Gasteiger partial charge in [-0.15, -0.1) is 0 Å². The number of carbonyl (C=O) groups is 1. The van der Waals surface area contributed by atoms with Crippen molar-refractivity contribution in [2.45, 2.75) is 26.2 Å². The Balaban J connectivity index is 2.28. The summed E-state index contributed by atoms with van der Waals surface area (Å²) in [5.74, 6) is 2.34. The molecule has 0 aromatic heterocycles. The lowest BCUT2D eigenvalue weighted by Crippen LogP contribution is -2.08. The van der Waals surface area contributed by atoms with Crippen LogP contribution in [0.3, 0.4) is 0 Å². The minimum absolute atomic E-state index is 0.268. The molecule has 6 nitrogen and oxygen atoms in total. The third kappa shape index (κ3) is 5.91. The molecule has 0 saturated heterocycles. The van der Waals surface area contributed by atoms with Gasteiger partial charge in [0.05, 0.1) is 28.4 Å². The minimum atomic E-state index is -0.268. The van der Waals surface area contributed by atoms with Gasteiger partial charge < -0.3 is 23.7 Å². The first-order chi connectivity index (χ1) is 14.1. The van der Waals surface area contributed by atoms with Crippen molar-refractivity contribution in [3.8, 4) is 28.7 Å². The Hall–Kier alpha value is -3.15. The highest BCUT2D eigenvalue weighted by Crippen LogP contribution is 2.38. The summed E-state index contributed by atoms with van der Waals surface area (Å²) in [6.45, 7) is 2.03. The number of ether oxygens (including phenoxy) is 5. The fraction of sp³-hybridized carbons (Fsp3) is 0.348. The van der Waals surface area contributed by atoms with Crippen molar-refractivity contribution in [2.24, 2.45) is 0 Å². The van der Waals surface area contributed by atoms with Crippen molar-refractivity contribution < 1.29 is 28.5 Å². The lowest BCUT2D eigenvalue weighted by atomic mass is 10.1. The van der Waals surface area contributed by atoms with Crippen molar-refractivity contribution in [3.05, 3.63) is 41.5 Å². The molecule has 0 bridgehead atoms. The molecule has 0 amide bonds. The Morgan fingerprint density at radius 2 is 1.38 bits per heavy atom. The lowest BCUT2D eigenvalue weighted by Gasteiger charge is -2.13. The van der Waals surface area contributed by atoms with E-state index < -0.39 is 0 Å². The smallest absolute Gasteiger partial charge is 0.311 e. The molecule has 0 spiro atoms. The average Bonchev–Trinajstić information content (AvgIpc) is 2.75. The molecule has 29 heavy (non-hydrogen) atoms. The van der Waals surface area contributed by atoms with Crippen LogP contribution in [0, 0.1) is 0 Å². The first-order valence-corrected chi connectivity index (χ1v) is 9.43. The predicted molar refractivity (Wildman–Crippen MR) is 113 cm³/mol. The molecule has 0 unspecified atom stereocenters. The molecule has 6 heteroatoms. The van der Waals surface area contributed by atoms with Crippen LogP contribution < -0.4 is 23.7 Å². The van der Waals surface area contributed by atoms with Gasteiger partial charge in [-0.1, -0.05) is 31.6 Å². The number of esters is 1. The van der Waals surface area contributed by atoms with Crippen molar-refractivity contribution in [2.75, 3.05) is 28.4 Å². The van der Waals surface area contributed by atoms with Gasteiger partial charge in [-0.3, -0.25) is 4.79 Å². The van der Waals surface area contributed by atoms with Crippen LogP contribution in [0.5, 0.6) is 28.7 Å². The van der Waals surface area contributed by atoms with E-state index in [1.807, 2.05) is 37.3 Å². The van der Waals surface area contributed by atoms with Gasteiger partial charge in [-0.05, 0) is 41.8 Å². The summed E-state index contributed by atoms with van der Waals surface area (Å²) >= 11 is 0. The Morgan fingerprint density at radius 1 is 0.793 bits per heavy atom. The molecule has 0 fully saturated rings. The van der Waals surface area contributed by atoms with Gasteiger partial charge in [0.25, 0.3) is 0 Å². The van der Waals surface area contributed by atoms with Gasteiger partial charge in [-0.2, -0.15) is 0 Å². The van der Waals surface area contributed by atoms with E-state index >= 15 is 0 Å². The molecule has 0 aliphatic rings. The lowest BCUT2D eigenvalue weighted by molar-refractivity contribution is -0.134. The number of hydrogen-bond acceptors (Lipinski definition) is 6. The highest BCUT2D eigenvalue weighted by atomic mass is 16.6. The average molecular weight is 400 g/mol. The van der Waals surface area contributed by atoms with Crippen LogP contribution in [0.4, 0.5) is 0 Å². The first-order valence-electron chi connectivity index (χ1n) is 9.43. The normalized spacial score (nSPS) is 10.7. The van der Waals surface area contributed by atoms with Crippen molar-refractivity contribution in [1.82, 2.24) is 0 Å². The van der Waals surface area contributed by atoms with E-state index in [1.165, 1.54) is 0 Å². The summed E-state index contributed by atoms with van der Waals surface area (Å²) in [4.78, 5) is 12.0. The fourth-order valence-corrected chi connectivity index (χ4v) is 2.76. The molecule has 0 radical (unpaired) electrons. The van der Waals surface area contributed by atoms with E-state index in [0.29, 0.717) is 35.2 Å². The van der Waals surface area contributed by atoms with E-state index in [0.717, 1.165) is 24.0 Å².